The normalized spacial score (nSPS) is 13.4. The molecule has 0 saturated carbocycles. The minimum atomic E-state index is -4.49. The summed E-state index contributed by atoms with van der Waals surface area (Å²) in [5.41, 5.74) is -2.26. The smallest absolute Gasteiger partial charge is 0.416 e. The van der Waals surface area contributed by atoms with Crippen molar-refractivity contribution >= 4 is 30.0 Å². The largest absolute Gasteiger partial charge is 0.462 e. The first-order chi connectivity index (χ1) is 18.1. The molecule has 0 aliphatic rings. The number of alkyl halides is 3. The zero-order chi connectivity index (χ0) is 29.7. The highest BCUT2D eigenvalue weighted by molar-refractivity contribution is 5.87. The molecular weight excluding hydrogens is 521 g/mol. The Labute approximate surface area is 226 Å². The van der Waals surface area contributed by atoms with E-state index < -0.39 is 46.4 Å². The van der Waals surface area contributed by atoms with Gasteiger partial charge in [0.05, 0.1) is 16.4 Å². The first-order valence-electron chi connectivity index (χ1n) is 12.6. The predicted molar refractivity (Wildman–Crippen MR) is 136 cm³/mol. The van der Waals surface area contributed by atoms with E-state index in [9.17, 15) is 32.3 Å². The lowest BCUT2D eigenvalue weighted by Crippen LogP contribution is -2.32. The van der Waals surface area contributed by atoms with E-state index in [4.69, 9.17) is 18.9 Å². The monoisotopic (exact) mass is 558 g/mol. The van der Waals surface area contributed by atoms with Crippen molar-refractivity contribution in [2.24, 2.45) is 10.8 Å². The molecule has 1 unspecified atom stereocenters. The number of ether oxygens (including phenoxy) is 4. The van der Waals surface area contributed by atoms with Crippen LogP contribution in [0.15, 0.2) is 30.3 Å². The Morgan fingerprint density at radius 2 is 1.44 bits per heavy atom. The lowest BCUT2D eigenvalue weighted by atomic mass is 9.79. The summed E-state index contributed by atoms with van der Waals surface area (Å²) in [5.74, 6) is -2.15. The molecule has 0 aliphatic heterocycles. The number of esters is 4. The molecule has 1 aromatic carbocycles. The third-order valence-corrected chi connectivity index (χ3v) is 6.16. The maximum absolute atomic E-state index is 12.8. The number of hydrogen-bond acceptors (Lipinski definition) is 8. The van der Waals surface area contributed by atoms with Crippen LogP contribution in [0, 0.1) is 10.8 Å². The van der Waals surface area contributed by atoms with E-state index in [0.717, 1.165) is 18.2 Å². The average molecular weight is 559 g/mol. The van der Waals surface area contributed by atoms with E-state index in [-0.39, 0.29) is 32.0 Å². The molecule has 0 aromatic heterocycles. The fraction of sp³-hybridized carbons (Fsp3) is 0.571. The third-order valence-electron chi connectivity index (χ3n) is 6.16. The van der Waals surface area contributed by atoms with Crippen molar-refractivity contribution < 1.29 is 51.3 Å². The van der Waals surface area contributed by atoms with E-state index in [1.54, 1.807) is 20.8 Å². The maximum Gasteiger partial charge on any atom is 0.416 e. The predicted octanol–water partition coefficient (Wildman–Crippen LogP) is 5.52. The van der Waals surface area contributed by atoms with E-state index in [2.05, 4.69) is 0 Å². The van der Waals surface area contributed by atoms with Crippen molar-refractivity contribution in [1.29, 1.82) is 0 Å². The van der Waals surface area contributed by atoms with E-state index in [0.29, 0.717) is 25.7 Å². The van der Waals surface area contributed by atoms with Crippen LogP contribution < -0.4 is 0 Å². The molecule has 0 heterocycles. The Balaban J connectivity index is 2.43. The molecule has 0 fully saturated rings. The minimum Gasteiger partial charge on any atom is -0.462 e. The summed E-state index contributed by atoms with van der Waals surface area (Å²) in [6.45, 7) is 7.87. The molecule has 1 atom stereocenters. The van der Waals surface area contributed by atoms with Gasteiger partial charge in [0.15, 0.2) is 0 Å². The summed E-state index contributed by atoms with van der Waals surface area (Å²) in [4.78, 5) is 47.7. The van der Waals surface area contributed by atoms with Gasteiger partial charge in [0.2, 0.25) is 0 Å². The van der Waals surface area contributed by atoms with Crippen LogP contribution in [-0.2, 0) is 44.3 Å². The van der Waals surface area contributed by atoms with E-state index in [1.807, 2.05) is 6.92 Å². The number of benzene rings is 1. The molecule has 0 spiro atoms. The van der Waals surface area contributed by atoms with Crippen LogP contribution in [0.4, 0.5) is 13.2 Å². The van der Waals surface area contributed by atoms with Crippen molar-refractivity contribution in [3.63, 3.8) is 0 Å². The van der Waals surface area contributed by atoms with Gasteiger partial charge in [-0.2, -0.15) is 13.2 Å². The minimum absolute atomic E-state index is 0.0127. The SMILES string of the molecule is CCC(C)(CCCC(C)(C)C(=O)OCCOC(=O)/C=C/c1cccc(C(F)(F)F)c1)C(=O)OCCOC(C)=O. The molecule has 1 aromatic rings. The van der Waals surface area contributed by atoms with Crippen molar-refractivity contribution in [3.05, 3.63) is 41.5 Å². The van der Waals surface area contributed by atoms with Crippen molar-refractivity contribution in [2.75, 3.05) is 26.4 Å². The number of halogens is 3. The second-order valence-electron chi connectivity index (χ2n) is 9.89. The highest BCUT2D eigenvalue weighted by atomic mass is 19.4. The van der Waals surface area contributed by atoms with Crippen LogP contribution in [-0.4, -0.2) is 50.3 Å². The van der Waals surface area contributed by atoms with E-state index >= 15 is 0 Å². The number of hydrogen-bond donors (Lipinski definition) is 0. The topological polar surface area (TPSA) is 105 Å². The van der Waals surface area contributed by atoms with Gasteiger partial charge in [-0.15, -0.1) is 0 Å². The second-order valence-corrected chi connectivity index (χ2v) is 9.89. The van der Waals surface area contributed by atoms with Crippen molar-refractivity contribution in [1.82, 2.24) is 0 Å². The maximum atomic E-state index is 12.8. The quantitative estimate of drug-likeness (QED) is 0.120. The molecule has 0 radical (unpaired) electrons. The first kappa shape index (κ1) is 33.7. The molecule has 0 aliphatic carbocycles. The molecule has 39 heavy (non-hydrogen) atoms. The van der Waals surface area contributed by atoms with Crippen LogP contribution in [0.2, 0.25) is 0 Å². The highest BCUT2D eigenvalue weighted by Crippen LogP contribution is 2.34. The second kappa shape index (κ2) is 15.3. The molecular formula is C28H37F3O8. The van der Waals surface area contributed by atoms with Crippen LogP contribution >= 0.6 is 0 Å². The van der Waals surface area contributed by atoms with Crippen LogP contribution in [0.25, 0.3) is 6.08 Å². The van der Waals surface area contributed by atoms with Gasteiger partial charge in [0, 0.05) is 13.0 Å². The summed E-state index contributed by atoms with van der Waals surface area (Å²) in [6.07, 6.45) is -0.320. The number of carbonyl (C=O) groups excluding carboxylic acids is 4. The summed E-state index contributed by atoms with van der Waals surface area (Å²) < 4.78 is 58.5. The molecule has 11 heteroatoms. The molecule has 0 amide bonds. The van der Waals surface area contributed by atoms with E-state index in [1.165, 1.54) is 25.1 Å². The molecule has 0 bridgehead atoms. The van der Waals surface area contributed by atoms with Crippen LogP contribution in [0.1, 0.15) is 71.4 Å². The lowest BCUT2D eigenvalue weighted by Gasteiger charge is -2.28. The van der Waals surface area contributed by atoms with Gasteiger partial charge in [-0.25, -0.2) is 4.79 Å². The van der Waals surface area contributed by atoms with Gasteiger partial charge in [-0.1, -0.05) is 25.5 Å². The Bertz CT molecular complexity index is 1020. The van der Waals surface area contributed by atoms with Crippen LogP contribution in [0.3, 0.4) is 0 Å². The van der Waals surface area contributed by atoms with Gasteiger partial charge < -0.3 is 18.9 Å². The van der Waals surface area contributed by atoms with Crippen LogP contribution in [0.5, 0.6) is 0 Å². The fourth-order valence-corrected chi connectivity index (χ4v) is 3.44. The van der Waals surface area contributed by atoms with Gasteiger partial charge >= 0.3 is 30.1 Å². The third kappa shape index (κ3) is 12.4. The molecule has 8 nitrogen and oxygen atoms in total. The molecule has 0 N–H and O–H groups in total. The van der Waals surface area contributed by atoms with Gasteiger partial charge in [-0.05, 0) is 63.8 Å². The Morgan fingerprint density at radius 1 is 0.846 bits per heavy atom. The van der Waals surface area contributed by atoms with Gasteiger partial charge in [-0.3, -0.25) is 14.4 Å². The van der Waals surface area contributed by atoms with Gasteiger partial charge in [0.1, 0.15) is 26.4 Å². The number of carbonyl (C=O) groups is 4. The highest BCUT2D eigenvalue weighted by Gasteiger charge is 2.35. The van der Waals surface area contributed by atoms with Crippen molar-refractivity contribution in [3.8, 4) is 0 Å². The summed E-state index contributed by atoms with van der Waals surface area (Å²) in [6, 6.07) is 4.49. The molecule has 0 saturated heterocycles. The average Bonchev–Trinajstić information content (AvgIpc) is 2.86. The lowest BCUT2D eigenvalue weighted by molar-refractivity contribution is -0.160. The summed E-state index contributed by atoms with van der Waals surface area (Å²) in [5, 5.41) is 0. The fourth-order valence-electron chi connectivity index (χ4n) is 3.44. The summed E-state index contributed by atoms with van der Waals surface area (Å²) in [7, 11) is 0. The Morgan fingerprint density at radius 3 is 2.03 bits per heavy atom. The molecule has 218 valence electrons. The first-order valence-corrected chi connectivity index (χ1v) is 12.6. The van der Waals surface area contributed by atoms with Crippen molar-refractivity contribution in [2.45, 2.75) is 66.5 Å². The molecule has 1 rings (SSSR count). The Hall–Kier alpha value is -3.37. The zero-order valence-electron chi connectivity index (χ0n) is 23.0. The standard InChI is InChI=1S/C28H37F3O8/c1-6-27(5,25(35)39-17-15-36-20(2)32)14-8-13-26(3,4)24(34)38-18-16-37-23(33)12-11-21-9-7-10-22(19-21)28(29,30)31/h7,9-12,19H,6,8,13-18H2,1-5H3/b12-11+. The Kier molecular flexibility index (Phi) is 13.2. The summed E-state index contributed by atoms with van der Waals surface area (Å²) >= 11 is 0. The zero-order valence-corrected chi connectivity index (χ0v) is 23.0. The van der Waals surface area contributed by atoms with Gasteiger partial charge in [0.25, 0.3) is 0 Å². The number of rotatable bonds is 15.